The summed E-state index contributed by atoms with van der Waals surface area (Å²) >= 11 is 7.70. The second-order valence-corrected chi connectivity index (χ2v) is 5.65. The molecule has 2 aromatic rings. The third kappa shape index (κ3) is 3.66. The van der Waals surface area contributed by atoms with Crippen molar-refractivity contribution < 1.29 is 0 Å². The first-order valence-corrected chi connectivity index (χ1v) is 7.07. The van der Waals surface area contributed by atoms with Crippen molar-refractivity contribution in [1.29, 1.82) is 0 Å². The average molecular weight is 275 g/mol. The van der Waals surface area contributed by atoms with E-state index in [1.54, 1.807) is 11.8 Å². The first kappa shape index (κ1) is 13.3. The van der Waals surface area contributed by atoms with Gasteiger partial charge in [-0.1, -0.05) is 47.1 Å². The Morgan fingerprint density at radius 1 is 1.00 bits per heavy atom. The van der Waals surface area contributed by atoms with E-state index in [-0.39, 0.29) is 0 Å². The molecule has 0 bridgehead atoms. The minimum absolute atomic E-state index is 0.778. The monoisotopic (exact) mass is 274 g/mol. The largest absolute Gasteiger partial charge is 0.0981 e. The fourth-order valence-corrected chi connectivity index (χ4v) is 2.44. The van der Waals surface area contributed by atoms with Crippen molar-refractivity contribution in [3.63, 3.8) is 0 Å². The molecular formula is C16H15ClS. The number of hydrogen-bond acceptors (Lipinski definition) is 1. The van der Waals surface area contributed by atoms with Gasteiger partial charge >= 0.3 is 0 Å². The Morgan fingerprint density at radius 2 is 1.72 bits per heavy atom. The van der Waals surface area contributed by atoms with Gasteiger partial charge < -0.3 is 0 Å². The lowest BCUT2D eigenvalue weighted by Crippen LogP contribution is -1.79. The Bertz CT molecular complexity index is 556. The van der Waals surface area contributed by atoms with Crippen LogP contribution in [0.3, 0.4) is 0 Å². The molecule has 0 saturated heterocycles. The molecule has 0 unspecified atom stereocenters. The van der Waals surface area contributed by atoms with Crippen LogP contribution in [0, 0.1) is 13.8 Å². The molecule has 0 aliphatic rings. The van der Waals surface area contributed by atoms with Crippen LogP contribution in [0.2, 0.25) is 5.02 Å². The van der Waals surface area contributed by atoms with Crippen molar-refractivity contribution in [3.8, 4) is 0 Å². The highest BCUT2D eigenvalue weighted by Gasteiger charge is 1.95. The summed E-state index contributed by atoms with van der Waals surface area (Å²) in [7, 11) is 0. The number of halogens is 1. The van der Waals surface area contributed by atoms with E-state index in [0.29, 0.717) is 0 Å². The first-order valence-electron chi connectivity index (χ1n) is 5.81. The second-order valence-electron chi connectivity index (χ2n) is 4.23. The van der Waals surface area contributed by atoms with Crippen molar-refractivity contribution in [1.82, 2.24) is 0 Å². The molecule has 0 nitrogen and oxygen atoms in total. The lowest BCUT2D eigenvalue weighted by atomic mass is 10.1. The summed E-state index contributed by atoms with van der Waals surface area (Å²) in [6, 6.07) is 14.5. The van der Waals surface area contributed by atoms with E-state index in [2.05, 4.69) is 49.6 Å². The van der Waals surface area contributed by atoms with E-state index in [1.807, 2.05) is 18.2 Å². The van der Waals surface area contributed by atoms with Gasteiger partial charge in [-0.05, 0) is 60.7 Å². The molecule has 92 valence electrons. The predicted molar refractivity (Wildman–Crippen MR) is 82.3 cm³/mol. The molecule has 2 aromatic carbocycles. The van der Waals surface area contributed by atoms with Crippen LogP contribution < -0.4 is 0 Å². The van der Waals surface area contributed by atoms with E-state index in [1.165, 1.54) is 21.6 Å². The van der Waals surface area contributed by atoms with Crippen LogP contribution in [-0.4, -0.2) is 0 Å². The minimum Gasteiger partial charge on any atom is -0.0981 e. The number of benzene rings is 2. The molecule has 0 aromatic heterocycles. The van der Waals surface area contributed by atoms with Crippen molar-refractivity contribution >= 4 is 29.4 Å². The normalized spacial score (nSPS) is 11.1. The highest BCUT2D eigenvalue weighted by Crippen LogP contribution is 2.22. The third-order valence-corrected chi connectivity index (χ3v) is 3.77. The molecule has 0 aliphatic carbocycles. The maximum atomic E-state index is 5.99. The van der Waals surface area contributed by atoms with Crippen molar-refractivity contribution in [2.75, 3.05) is 0 Å². The van der Waals surface area contributed by atoms with E-state index in [4.69, 9.17) is 11.6 Å². The van der Waals surface area contributed by atoms with Crippen LogP contribution in [0.25, 0.3) is 6.08 Å². The Kier molecular flexibility index (Phi) is 4.51. The zero-order chi connectivity index (χ0) is 13.0. The predicted octanol–water partition coefficient (Wildman–Crippen LogP) is 5.72. The van der Waals surface area contributed by atoms with E-state index < -0.39 is 0 Å². The topological polar surface area (TPSA) is 0 Å². The quantitative estimate of drug-likeness (QED) is 0.645. The molecule has 2 heteroatoms. The molecule has 0 aliphatic heterocycles. The average Bonchev–Trinajstić information content (AvgIpc) is 2.36. The zero-order valence-electron chi connectivity index (χ0n) is 10.5. The lowest BCUT2D eigenvalue weighted by Gasteiger charge is -2.01. The van der Waals surface area contributed by atoms with Gasteiger partial charge in [-0.25, -0.2) is 0 Å². The van der Waals surface area contributed by atoms with Crippen molar-refractivity contribution in [2.24, 2.45) is 0 Å². The zero-order valence-corrected chi connectivity index (χ0v) is 12.1. The molecule has 0 radical (unpaired) electrons. The number of thioether (sulfide) groups is 1. The SMILES string of the molecule is Cc1ccc(S/C=C/c2cc(Cl)ccc2C)cc1. The highest BCUT2D eigenvalue weighted by atomic mass is 35.5. The minimum atomic E-state index is 0.778. The number of rotatable bonds is 3. The molecular weight excluding hydrogens is 260 g/mol. The van der Waals surface area contributed by atoms with Crippen LogP contribution in [0.4, 0.5) is 0 Å². The summed E-state index contributed by atoms with van der Waals surface area (Å²) in [4.78, 5) is 1.25. The van der Waals surface area contributed by atoms with Gasteiger partial charge in [0.05, 0.1) is 0 Å². The van der Waals surface area contributed by atoms with Gasteiger partial charge in [-0.2, -0.15) is 0 Å². The molecule has 2 rings (SSSR count). The van der Waals surface area contributed by atoms with E-state index in [0.717, 1.165) is 5.02 Å². The van der Waals surface area contributed by atoms with Crippen LogP contribution >= 0.6 is 23.4 Å². The van der Waals surface area contributed by atoms with Crippen LogP contribution in [-0.2, 0) is 0 Å². The van der Waals surface area contributed by atoms with Gasteiger partial charge in [0.2, 0.25) is 0 Å². The maximum absolute atomic E-state index is 5.99. The molecule has 0 spiro atoms. The van der Waals surface area contributed by atoms with Gasteiger partial charge in [0.15, 0.2) is 0 Å². The maximum Gasteiger partial charge on any atom is 0.0412 e. The Balaban J connectivity index is 2.07. The molecule has 18 heavy (non-hydrogen) atoms. The highest BCUT2D eigenvalue weighted by molar-refractivity contribution is 8.02. The van der Waals surface area contributed by atoms with Gasteiger partial charge in [-0.3, -0.25) is 0 Å². The summed E-state index contributed by atoms with van der Waals surface area (Å²) in [5.41, 5.74) is 3.69. The smallest absolute Gasteiger partial charge is 0.0412 e. The number of aryl methyl sites for hydroxylation is 2. The summed E-state index contributed by atoms with van der Waals surface area (Å²) in [6.07, 6.45) is 2.10. The Morgan fingerprint density at radius 3 is 2.44 bits per heavy atom. The van der Waals surface area contributed by atoms with Crippen molar-refractivity contribution in [2.45, 2.75) is 18.7 Å². The molecule has 0 amide bonds. The molecule has 0 saturated carbocycles. The van der Waals surface area contributed by atoms with Crippen molar-refractivity contribution in [3.05, 3.63) is 69.6 Å². The molecule has 0 heterocycles. The van der Waals surface area contributed by atoms with Gasteiger partial charge in [0, 0.05) is 9.92 Å². The molecule has 0 N–H and O–H groups in total. The van der Waals surface area contributed by atoms with E-state index >= 15 is 0 Å². The Hall–Kier alpha value is -1.18. The lowest BCUT2D eigenvalue weighted by molar-refractivity contribution is 1.38. The third-order valence-electron chi connectivity index (χ3n) is 2.71. The van der Waals surface area contributed by atoms with Gasteiger partial charge in [0.1, 0.15) is 0 Å². The van der Waals surface area contributed by atoms with Crippen LogP contribution in [0.5, 0.6) is 0 Å². The fourth-order valence-electron chi connectivity index (χ4n) is 1.59. The van der Waals surface area contributed by atoms with Crippen LogP contribution in [0.15, 0.2) is 52.8 Å². The number of hydrogen-bond donors (Lipinski definition) is 0. The van der Waals surface area contributed by atoms with E-state index in [9.17, 15) is 0 Å². The van der Waals surface area contributed by atoms with Gasteiger partial charge in [0.25, 0.3) is 0 Å². The summed E-state index contributed by atoms with van der Waals surface area (Å²) < 4.78 is 0. The summed E-state index contributed by atoms with van der Waals surface area (Å²) in [5.74, 6) is 0. The Labute approximate surface area is 118 Å². The first-order chi connectivity index (χ1) is 8.65. The van der Waals surface area contributed by atoms with Gasteiger partial charge in [-0.15, -0.1) is 0 Å². The summed E-state index contributed by atoms with van der Waals surface area (Å²) in [5, 5.41) is 2.88. The molecule has 0 fully saturated rings. The standard InChI is InChI=1S/C16H15ClS/c1-12-3-7-16(8-4-12)18-10-9-14-11-15(17)6-5-13(14)2/h3-11H,1-2H3/b10-9+. The second kappa shape index (κ2) is 6.12. The molecule has 0 atom stereocenters. The summed E-state index contributed by atoms with van der Waals surface area (Å²) in [6.45, 7) is 4.19. The van der Waals surface area contributed by atoms with Crippen LogP contribution in [0.1, 0.15) is 16.7 Å². The fraction of sp³-hybridized carbons (Fsp3) is 0.125.